The van der Waals surface area contributed by atoms with Gasteiger partial charge in [0.25, 0.3) is 0 Å². The Hall–Kier alpha value is -0.990. The normalized spacial score (nSPS) is 19.4. The Morgan fingerprint density at radius 3 is 2.67 bits per heavy atom. The average molecular weight is 207 g/mol. The second-order valence-corrected chi connectivity index (χ2v) is 4.74. The number of nitrogens with one attached hydrogen (secondary N) is 1. The van der Waals surface area contributed by atoms with Gasteiger partial charge in [0.15, 0.2) is 0 Å². The number of anilines is 1. The predicted molar refractivity (Wildman–Crippen MR) is 63.0 cm³/mol. The lowest BCUT2D eigenvalue weighted by Gasteiger charge is -2.21. The first-order valence-electron chi connectivity index (χ1n) is 5.93. The highest BCUT2D eigenvalue weighted by molar-refractivity contribution is 5.46. The average Bonchev–Trinajstić information content (AvgIpc) is 2.83. The fourth-order valence-corrected chi connectivity index (χ4v) is 2.46. The molecule has 1 heterocycles. The van der Waals surface area contributed by atoms with Crippen molar-refractivity contribution in [3.63, 3.8) is 0 Å². The number of hydrogen-bond acceptors (Lipinski definition) is 2. The van der Waals surface area contributed by atoms with Crippen molar-refractivity contribution in [2.75, 3.05) is 5.32 Å². The molecule has 84 valence electrons. The third kappa shape index (κ3) is 2.16. The van der Waals surface area contributed by atoms with E-state index in [0.29, 0.717) is 6.04 Å². The van der Waals surface area contributed by atoms with E-state index < -0.39 is 0 Å². The molecule has 3 heteroatoms. The monoisotopic (exact) mass is 207 g/mol. The van der Waals surface area contributed by atoms with Crippen LogP contribution in [0.15, 0.2) is 6.20 Å². The minimum absolute atomic E-state index is 0.579. The number of aryl methyl sites for hydroxylation is 1. The number of nitrogens with zero attached hydrogens (tertiary/aromatic N) is 2. The maximum atomic E-state index is 4.25. The molecule has 1 unspecified atom stereocenters. The molecule has 1 N–H and O–H groups in total. The summed E-state index contributed by atoms with van der Waals surface area (Å²) in [5.74, 6) is 0.851. The largest absolute Gasteiger partial charge is 0.380 e. The minimum atomic E-state index is 0.579. The van der Waals surface area contributed by atoms with E-state index >= 15 is 0 Å². The molecule has 0 spiro atoms. The lowest BCUT2D eigenvalue weighted by molar-refractivity contribution is 0.482. The summed E-state index contributed by atoms with van der Waals surface area (Å²) in [6.45, 7) is 4.40. The molecule has 1 aliphatic carbocycles. The van der Waals surface area contributed by atoms with Crippen molar-refractivity contribution in [2.24, 2.45) is 13.0 Å². The molecular formula is C12H21N3. The third-order valence-electron chi connectivity index (χ3n) is 3.73. The van der Waals surface area contributed by atoms with Crippen LogP contribution in [0, 0.1) is 12.8 Å². The van der Waals surface area contributed by atoms with Crippen LogP contribution in [0.1, 0.15) is 38.3 Å². The number of aromatic nitrogens is 2. The van der Waals surface area contributed by atoms with Gasteiger partial charge in [0, 0.05) is 13.1 Å². The van der Waals surface area contributed by atoms with Gasteiger partial charge in [0.2, 0.25) is 0 Å². The zero-order chi connectivity index (χ0) is 10.8. The van der Waals surface area contributed by atoms with E-state index in [2.05, 4.69) is 24.3 Å². The molecule has 15 heavy (non-hydrogen) atoms. The van der Waals surface area contributed by atoms with E-state index in [0.717, 1.165) is 5.92 Å². The van der Waals surface area contributed by atoms with E-state index in [4.69, 9.17) is 0 Å². The van der Waals surface area contributed by atoms with Gasteiger partial charge in [0.1, 0.15) is 0 Å². The van der Waals surface area contributed by atoms with Crippen LogP contribution >= 0.6 is 0 Å². The zero-order valence-corrected chi connectivity index (χ0v) is 9.95. The van der Waals surface area contributed by atoms with Gasteiger partial charge in [-0.25, -0.2) is 0 Å². The summed E-state index contributed by atoms with van der Waals surface area (Å²) in [5, 5.41) is 7.84. The fourth-order valence-electron chi connectivity index (χ4n) is 2.46. The summed E-state index contributed by atoms with van der Waals surface area (Å²) < 4.78 is 1.92. The smallest absolute Gasteiger partial charge is 0.0758 e. The molecule has 0 aromatic carbocycles. The number of rotatable bonds is 3. The summed E-state index contributed by atoms with van der Waals surface area (Å²) in [6.07, 6.45) is 7.51. The maximum Gasteiger partial charge on any atom is 0.0758 e. The molecule has 0 radical (unpaired) electrons. The van der Waals surface area contributed by atoms with E-state index in [9.17, 15) is 0 Å². The van der Waals surface area contributed by atoms with Gasteiger partial charge >= 0.3 is 0 Å². The second kappa shape index (κ2) is 4.25. The SMILES string of the molecule is Cc1c(NC(C)C2CCCC2)cnn1C. The van der Waals surface area contributed by atoms with Crippen LogP contribution in [0.5, 0.6) is 0 Å². The maximum absolute atomic E-state index is 4.25. The molecule has 1 saturated carbocycles. The van der Waals surface area contributed by atoms with Crippen molar-refractivity contribution >= 4 is 5.69 Å². The molecule has 0 saturated heterocycles. The van der Waals surface area contributed by atoms with Gasteiger partial charge in [0.05, 0.1) is 17.6 Å². The summed E-state index contributed by atoms with van der Waals surface area (Å²) in [5.41, 5.74) is 2.41. The molecule has 0 bridgehead atoms. The summed E-state index contributed by atoms with van der Waals surface area (Å²) in [4.78, 5) is 0. The zero-order valence-electron chi connectivity index (χ0n) is 9.95. The van der Waals surface area contributed by atoms with Gasteiger partial charge in [-0.3, -0.25) is 4.68 Å². The Bertz CT molecular complexity index is 324. The summed E-state index contributed by atoms with van der Waals surface area (Å²) in [7, 11) is 1.99. The van der Waals surface area contributed by atoms with Gasteiger partial charge in [-0.15, -0.1) is 0 Å². The van der Waals surface area contributed by atoms with Crippen molar-refractivity contribution in [2.45, 2.75) is 45.6 Å². The first-order valence-corrected chi connectivity index (χ1v) is 5.93. The van der Waals surface area contributed by atoms with E-state index in [1.165, 1.54) is 37.1 Å². The highest BCUT2D eigenvalue weighted by Gasteiger charge is 2.21. The van der Waals surface area contributed by atoms with Gasteiger partial charge in [-0.1, -0.05) is 12.8 Å². The molecule has 0 aliphatic heterocycles. The first-order chi connectivity index (χ1) is 7.18. The van der Waals surface area contributed by atoms with Crippen LogP contribution in [0.2, 0.25) is 0 Å². The first kappa shape index (κ1) is 10.5. The molecule has 1 fully saturated rings. The van der Waals surface area contributed by atoms with Crippen LogP contribution in [0.3, 0.4) is 0 Å². The Labute approximate surface area is 91.9 Å². The van der Waals surface area contributed by atoms with Crippen LogP contribution in [0.25, 0.3) is 0 Å². The Kier molecular flexibility index (Phi) is 2.98. The fraction of sp³-hybridized carbons (Fsp3) is 0.750. The van der Waals surface area contributed by atoms with E-state index in [1.807, 2.05) is 17.9 Å². The van der Waals surface area contributed by atoms with E-state index in [-0.39, 0.29) is 0 Å². The molecule has 1 aliphatic rings. The minimum Gasteiger partial charge on any atom is -0.380 e. The van der Waals surface area contributed by atoms with Crippen LogP contribution in [-0.4, -0.2) is 15.8 Å². The Balaban J connectivity index is 1.98. The lowest BCUT2D eigenvalue weighted by Crippen LogP contribution is -2.23. The quantitative estimate of drug-likeness (QED) is 0.826. The Morgan fingerprint density at radius 2 is 2.13 bits per heavy atom. The van der Waals surface area contributed by atoms with Crippen LogP contribution in [0.4, 0.5) is 5.69 Å². The second-order valence-electron chi connectivity index (χ2n) is 4.74. The third-order valence-corrected chi connectivity index (χ3v) is 3.73. The lowest BCUT2D eigenvalue weighted by atomic mass is 10.00. The van der Waals surface area contributed by atoms with Gasteiger partial charge < -0.3 is 5.32 Å². The molecule has 1 atom stereocenters. The van der Waals surface area contributed by atoms with Crippen molar-refractivity contribution < 1.29 is 0 Å². The molecule has 0 amide bonds. The predicted octanol–water partition coefficient (Wildman–Crippen LogP) is 2.72. The van der Waals surface area contributed by atoms with Crippen molar-refractivity contribution in [3.05, 3.63) is 11.9 Å². The van der Waals surface area contributed by atoms with Crippen molar-refractivity contribution in [1.82, 2.24) is 9.78 Å². The van der Waals surface area contributed by atoms with Gasteiger partial charge in [-0.05, 0) is 32.6 Å². The summed E-state index contributed by atoms with van der Waals surface area (Å²) >= 11 is 0. The highest BCUT2D eigenvalue weighted by Crippen LogP contribution is 2.29. The molecule has 3 nitrogen and oxygen atoms in total. The van der Waals surface area contributed by atoms with Crippen molar-refractivity contribution in [3.8, 4) is 0 Å². The molecular weight excluding hydrogens is 186 g/mol. The highest BCUT2D eigenvalue weighted by atomic mass is 15.3. The molecule has 2 rings (SSSR count). The molecule has 1 aromatic rings. The topological polar surface area (TPSA) is 29.9 Å². The van der Waals surface area contributed by atoms with Crippen LogP contribution in [-0.2, 0) is 7.05 Å². The van der Waals surface area contributed by atoms with Crippen LogP contribution < -0.4 is 5.32 Å². The standard InChI is InChI=1S/C12H21N3/c1-9(11-6-4-5-7-11)14-12-8-13-15(3)10(12)2/h8-9,11,14H,4-7H2,1-3H3. The van der Waals surface area contributed by atoms with E-state index in [1.54, 1.807) is 0 Å². The number of hydrogen-bond donors (Lipinski definition) is 1. The molecule has 1 aromatic heterocycles. The Morgan fingerprint density at radius 1 is 1.47 bits per heavy atom. The van der Waals surface area contributed by atoms with Crippen molar-refractivity contribution in [1.29, 1.82) is 0 Å². The van der Waals surface area contributed by atoms with Gasteiger partial charge in [-0.2, -0.15) is 5.10 Å². The summed E-state index contributed by atoms with van der Waals surface area (Å²) in [6, 6.07) is 0.579.